The molecule has 23 heavy (non-hydrogen) atoms. The van der Waals surface area contributed by atoms with E-state index in [1.165, 1.54) is 51.4 Å². The van der Waals surface area contributed by atoms with Crippen LogP contribution >= 0.6 is 0 Å². The van der Waals surface area contributed by atoms with E-state index in [4.69, 9.17) is 0 Å². The third kappa shape index (κ3) is 7.76. The standard InChI is InChI=1S/C21H36O2/c1-3-5-7-8-9-10-11-12-15-18(14-6-4-2)21-19(22)16-13-17-20(21)23/h13,16-18,22-23H,3-12,14-15H2,1-2H3. The largest absolute Gasteiger partial charge is 0.508 e. The Morgan fingerprint density at radius 2 is 1.17 bits per heavy atom. The number of aromatic hydroxyl groups is 2. The lowest BCUT2D eigenvalue weighted by atomic mass is 9.87. The van der Waals surface area contributed by atoms with Gasteiger partial charge < -0.3 is 10.2 Å². The highest BCUT2D eigenvalue weighted by atomic mass is 16.3. The first-order valence-corrected chi connectivity index (χ1v) is 9.71. The maximum atomic E-state index is 10.1. The first-order valence-electron chi connectivity index (χ1n) is 9.71. The van der Waals surface area contributed by atoms with Gasteiger partial charge in [0.25, 0.3) is 0 Å². The van der Waals surface area contributed by atoms with Crippen LogP contribution in [0.4, 0.5) is 0 Å². The van der Waals surface area contributed by atoms with Crippen LogP contribution in [-0.4, -0.2) is 10.2 Å². The zero-order chi connectivity index (χ0) is 16.9. The predicted molar refractivity (Wildman–Crippen MR) is 99.3 cm³/mol. The smallest absolute Gasteiger partial charge is 0.122 e. The Labute approximate surface area is 142 Å². The zero-order valence-corrected chi connectivity index (χ0v) is 15.2. The fourth-order valence-electron chi connectivity index (χ4n) is 3.37. The molecule has 0 aromatic heterocycles. The molecule has 0 bridgehead atoms. The number of phenols is 2. The van der Waals surface area contributed by atoms with Crippen molar-refractivity contribution in [1.29, 1.82) is 0 Å². The quantitative estimate of drug-likeness (QED) is 0.388. The first kappa shape index (κ1) is 19.9. The molecular weight excluding hydrogens is 284 g/mol. The average Bonchev–Trinajstić information content (AvgIpc) is 2.54. The molecule has 0 aliphatic heterocycles. The van der Waals surface area contributed by atoms with Crippen molar-refractivity contribution < 1.29 is 10.2 Å². The summed E-state index contributed by atoms with van der Waals surface area (Å²) in [5.74, 6) is 0.799. The zero-order valence-electron chi connectivity index (χ0n) is 15.2. The van der Waals surface area contributed by atoms with Gasteiger partial charge in [0, 0.05) is 5.56 Å². The Kier molecular flexibility index (Phi) is 10.6. The second kappa shape index (κ2) is 12.3. The Morgan fingerprint density at radius 1 is 0.696 bits per heavy atom. The van der Waals surface area contributed by atoms with Crippen LogP contribution in [0.3, 0.4) is 0 Å². The summed E-state index contributed by atoms with van der Waals surface area (Å²) in [5, 5.41) is 20.2. The molecule has 1 atom stereocenters. The van der Waals surface area contributed by atoms with E-state index in [-0.39, 0.29) is 17.4 Å². The van der Waals surface area contributed by atoms with Crippen LogP contribution in [-0.2, 0) is 0 Å². The summed E-state index contributed by atoms with van der Waals surface area (Å²) in [7, 11) is 0. The van der Waals surface area contributed by atoms with Gasteiger partial charge in [-0.2, -0.15) is 0 Å². The van der Waals surface area contributed by atoms with E-state index < -0.39 is 0 Å². The summed E-state index contributed by atoms with van der Waals surface area (Å²) in [5.41, 5.74) is 0.767. The van der Waals surface area contributed by atoms with E-state index in [9.17, 15) is 10.2 Å². The summed E-state index contributed by atoms with van der Waals surface area (Å²) in [4.78, 5) is 0. The SMILES string of the molecule is CCCCCCCCCCC(CCCC)c1c(O)cccc1O. The fourth-order valence-corrected chi connectivity index (χ4v) is 3.37. The monoisotopic (exact) mass is 320 g/mol. The second-order valence-corrected chi connectivity index (χ2v) is 6.81. The van der Waals surface area contributed by atoms with Crippen LogP contribution in [0.5, 0.6) is 11.5 Å². The lowest BCUT2D eigenvalue weighted by Crippen LogP contribution is -2.01. The molecule has 1 aromatic rings. The number of unbranched alkanes of at least 4 members (excludes halogenated alkanes) is 8. The highest BCUT2D eigenvalue weighted by Gasteiger charge is 2.18. The molecule has 0 saturated heterocycles. The Hall–Kier alpha value is -1.18. The van der Waals surface area contributed by atoms with Crippen molar-refractivity contribution in [1.82, 2.24) is 0 Å². The van der Waals surface area contributed by atoms with Crippen LogP contribution in [0.15, 0.2) is 18.2 Å². The van der Waals surface area contributed by atoms with Crippen molar-refractivity contribution in [3.8, 4) is 11.5 Å². The molecule has 2 N–H and O–H groups in total. The van der Waals surface area contributed by atoms with E-state index in [1.807, 2.05) is 0 Å². The predicted octanol–water partition coefficient (Wildman–Crippen LogP) is 6.90. The average molecular weight is 321 g/mol. The summed E-state index contributed by atoms with van der Waals surface area (Å²) in [6.45, 7) is 4.45. The minimum absolute atomic E-state index is 0.255. The number of rotatable bonds is 13. The Bertz CT molecular complexity index is 394. The van der Waals surface area contributed by atoms with E-state index >= 15 is 0 Å². The van der Waals surface area contributed by atoms with Gasteiger partial charge in [0.1, 0.15) is 11.5 Å². The maximum absolute atomic E-state index is 10.1. The summed E-state index contributed by atoms with van der Waals surface area (Å²) in [6, 6.07) is 5.10. The molecule has 0 fully saturated rings. The second-order valence-electron chi connectivity index (χ2n) is 6.81. The van der Waals surface area contributed by atoms with Gasteiger partial charge in [-0.1, -0.05) is 84.1 Å². The molecule has 0 aliphatic carbocycles. The van der Waals surface area contributed by atoms with E-state index in [0.29, 0.717) is 0 Å². The van der Waals surface area contributed by atoms with Gasteiger partial charge in [-0.25, -0.2) is 0 Å². The van der Waals surface area contributed by atoms with Crippen LogP contribution in [0.1, 0.15) is 102 Å². The topological polar surface area (TPSA) is 40.5 Å². The van der Waals surface area contributed by atoms with E-state index in [1.54, 1.807) is 18.2 Å². The highest BCUT2D eigenvalue weighted by Crippen LogP contribution is 2.39. The lowest BCUT2D eigenvalue weighted by Gasteiger charge is -2.19. The van der Waals surface area contributed by atoms with Crippen LogP contribution in [0.2, 0.25) is 0 Å². The third-order valence-electron chi connectivity index (χ3n) is 4.78. The van der Waals surface area contributed by atoms with Gasteiger partial charge in [0.05, 0.1) is 0 Å². The Balaban J connectivity index is 2.40. The van der Waals surface area contributed by atoms with Crippen molar-refractivity contribution >= 4 is 0 Å². The van der Waals surface area contributed by atoms with Gasteiger partial charge in [-0.15, -0.1) is 0 Å². The third-order valence-corrected chi connectivity index (χ3v) is 4.78. The number of phenolic OH excluding ortho intramolecular Hbond substituents is 2. The van der Waals surface area contributed by atoms with Crippen molar-refractivity contribution in [2.75, 3.05) is 0 Å². The molecule has 0 heterocycles. The highest BCUT2D eigenvalue weighted by molar-refractivity contribution is 5.45. The summed E-state index contributed by atoms with van der Waals surface area (Å²) >= 11 is 0. The normalized spacial score (nSPS) is 12.4. The number of hydrogen-bond acceptors (Lipinski definition) is 2. The summed E-state index contributed by atoms with van der Waals surface area (Å²) < 4.78 is 0. The lowest BCUT2D eigenvalue weighted by molar-refractivity contribution is 0.410. The van der Waals surface area contributed by atoms with Gasteiger partial charge in [0.15, 0.2) is 0 Å². The van der Waals surface area contributed by atoms with Gasteiger partial charge >= 0.3 is 0 Å². The molecule has 0 saturated carbocycles. The molecule has 0 amide bonds. The van der Waals surface area contributed by atoms with Crippen molar-refractivity contribution in [3.05, 3.63) is 23.8 Å². The summed E-state index contributed by atoms with van der Waals surface area (Å²) in [6.07, 6.45) is 15.0. The molecule has 0 spiro atoms. The van der Waals surface area contributed by atoms with Crippen molar-refractivity contribution in [2.24, 2.45) is 0 Å². The molecule has 1 aromatic carbocycles. The van der Waals surface area contributed by atoms with Crippen LogP contribution in [0, 0.1) is 0 Å². The molecule has 2 nitrogen and oxygen atoms in total. The maximum Gasteiger partial charge on any atom is 0.122 e. The van der Waals surface area contributed by atoms with Gasteiger partial charge in [0.2, 0.25) is 0 Å². The minimum atomic E-state index is 0.255. The van der Waals surface area contributed by atoms with Gasteiger partial charge in [-0.3, -0.25) is 0 Å². The van der Waals surface area contributed by atoms with Crippen molar-refractivity contribution in [3.63, 3.8) is 0 Å². The van der Waals surface area contributed by atoms with E-state index in [0.717, 1.165) is 31.2 Å². The molecule has 2 heteroatoms. The first-order chi connectivity index (χ1) is 11.2. The molecule has 132 valence electrons. The van der Waals surface area contributed by atoms with Crippen LogP contribution < -0.4 is 0 Å². The molecule has 1 rings (SSSR count). The fraction of sp³-hybridized carbons (Fsp3) is 0.714. The van der Waals surface area contributed by atoms with Gasteiger partial charge in [-0.05, 0) is 30.9 Å². The van der Waals surface area contributed by atoms with E-state index in [2.05, 4.69) is 13.8 Å². The minimum Gasteiger partial charge on any atom is -0.508 e. The number of hydrogen-bond donors (Lipinski definition) is 2. The Morgan fingerprint density at radius 3 is 1.74 bits per heavy atom. The van der Waals surface area contributed by atoms with Crippen LogP contribution in [0.25, 0.3) is 0 Å². The molecule has 0 radical (unpaired) electrons. The van der Waals surface area contributed by atoms with Crippen molar-refractivity contribution in [2.45, 2.75) is 96.8 Å². The number of benzene rings is 1. The molecule has 0 aliphatic rings. The molecule has 1 unspecified atom stereocenters. The molecular formula is C21H36O2.